The first kappa shape index (κ1) is 14.0. The number of carbonyl (C=O) groups is 2. The number of nitrogens with one attached hydrogen (secondary N) is 1. The van der Waals surface area contributed by atoms with Gasteiger partial charge in [0.1, 0.15) is 6.04 Å². The molecule has 0 aromatic rings. The van der Waals surface area contributed by atoms with Gasteiger partial charge in [0.25, 0.3) is 0 Å². The van der Waals surface area contributed by atoms with E-state index in [1.54, 1.807) is 20.9 Å². The smallest absolute Gasteiger partial charge is 0.326 e. The van der Waals surface area contributed by atoms with E-state index < -0.39 is 17.6 Å². The first-order valence-corrected chi connectivity index (χ1v) is 6.04. The van der Waals surface area contributed by atoms with E-state index >= 15 is 0 Å². The molecule has 98 valence electrons. The molecule has 2 unspecified atom stereocenters. The molecule has 0 radical (unpaired) electrons. The average molecular weight is 242 g/mol. The zero-order valence-corrected chi connectivity index (χ0v) is 11.0. The van der Waals surface area contributed by atoms with Crippen LogP contribution < -0.4 is 5.32 Å². The number of rotatable bonds is 3. The summed E-state index contributed by atoms with van der Waals surface area (Å²) in [5.41, 5.74) is -0.717. The molecule has 0 saturated carbocycles. The number of amides is 1. The van der Waals surface area contributed by atoms with Crippen LogP contribution in [0.1, 0.15) is 33.6 Å². The largest absolute Gasteiger partial charge is 0.480 e. The molecule has 2 atom stereocenters. The maximum atomic E-state index is 12.3. The number of piperidine rings is 1. The third kappa shape index (κ3) is 2.77. The van der Waals surface area contributed by atoms with Crippen LogP contribution in [0.2, 0.25) is 0 Å². The Balaban J connectivity index is 2.94. The Morgan fingerprint density at radius 3 is 2.47 bits per heavy atom. The van der Waals surface area contributed by atoms with Crippen LogP contribution in [0.25, 0.3) is 0 Å². The van der Waals surface area contributed by atoms with Crippen LogP contribution in [0.15, 0.2) is 0 Å². The highest BCUT2D eigenvalue weighted by Crippen LogP contribution is 2.25. The Morgan fingerprint density at radius 1 is 1.41 bits per heavy atom. The minimum Gasteiger partial charge on any atom is -0.480 e. The number of likely N-dealkylation sites (tertiary alicyclic amines) is 1. The van der Waals surface area contributed by atoms with Crippen LogP contribution in [-0.2, 0) is 9.59 Å². The van der Waals surface area contributed by atoms with Crippen molar-refractivity contribution in [1.29, 1.82) is 0 Å². The first-order valence-electron chi connectivity index (χ1n) is 6.04. The van der Waals surface area contributed by atoms with Crippen molar-refractivity contribution in [2.45, 2.75) is 45.2 Å². The molecule has 1 heterocycles. The number of carbonyl (C=O) groups excluding carboxylic acids is 1. The van der Waals surface area contributed by atoms with Crippen LogP contribution in [0, 0.1) is 5.92 Å². The highest BCUT2D eigenvalue weighted by atomic mass is 16.4. The molecular weight excluding hydrogens is 220 g/mol. The van der Waals surface area contributed by atoms with Crippen molar-refractivity contribution in [3.05, 3.63) is 0 Å². The summed E-state index contributed by atoms with van der Waals surface area (Å²) in [4.78, 5) is 25.1. The molecule has 1 rings (SSSR count). The van der Waals surface area contributed by atoms with Gasteiger partial charge in [-0.15, -0.1) is 0 Å². The number of carboxylic acids is 1. The van der Waals surface area contributed by atoms with E-state index in [0.717, 1.165) is 12.8 Å². The average Bonchev–Trinajstić information content (AvgIpc) is 2.27. The van der Waals surface area contributed by atoms with Crippen molar-refractivity contribution < 1.29 is 14.7 Å². The summed E-state index contributed by atoms with van der Waals surface area (Å²) in [7, 11) is 1.71. The van der Waals surface area contributed by atoms with Crippen molar-refractivity contribution in [2.24, 2.45) is 5.92 Å². The van der Waals surface area contributed by atoms with Crippen molar-refractivity contribution in [1.82, 2.24) is 10.2 Å². The van der Waals surface area contributed by atoms with Gasteiger partial charge >= 0.3 is 5.97 Å². The van der Waals surface area contributed by atoms with E-state index in [9.17, 15) is 14.7 Å². The van der Waals surface area contributed by atoms with Crippen LogP contribution in [0.5, 0.6) is 0 Å². The highest BCUT2D eigenvalue weighted by molar-refractivity contribution is 5.89. The monoisotopic (exact) mass is 242 g/mol. The fraction of sp³-hybridized carbons (Fsp3) is 0.833. The summed E-state index contributed by atoms with van der Waals surface area (Å²) in [6, 6.07) is -0.691. The maximum Gasteiger partial charge on any atom is 0.326 e. The molecule has 1 aliphatic heterocycles. The second-order valence-corrected chi connectivity index (χ2v) is 5.28. The Hall–Kier alpha value is -1.10. The molecular formula is C12H22N2O3. The van der Waals surface area contributed by atoms with Gasteiger partial charge in [-0.25, -0.2) is 4.79 Å². The van der Waals surface area contributed by atoms with Crippen molar-refractivity contribution >= 4 is 11.9 Å². The van der Waals surface area contributed by atoms with E-state index in [2.05, 4.69) is 5.32 Å². The minimum absolute atomic E-state index is 0.0119. The molecule has 1 fully saturated rings. The van der Waals surface area contributed by atoms with Gasteiger partial charge < -0.3 is 15.3 Å². The lowest BCUT2D eigenvalue weighted by Crippen LogP contribution is -2.60. The third-order valence-electron chi connectivity index (χ3n) is 3.61. The predicted octanol–water partition coefficient (Wildman–Crippen LogP) is 0.696. The molecule has 17 heavy (non-hydrogen) atoms. The number of carboxylic acid groups (broad SMARTS) is 1. The number of likely N-dealkylation sites (N-methyl/N-ethyl adjacent to an activating group) is 1. The molecule has 0 spiro atoms. The van der Waals surface area contributed by atoms with E-state index in [1.165, 1.54) is 4.90 Å². The van der Waals surface area contributed by atoms with Gasteiger partial charge in [-0.1, -0.05) is 6.92 Å². The van der Waals surface area contributed by atoms with Gasteiger partial charge in [0.2, 0.25) is 5.91 Å². The molecule has 2 N–H and O–H groups in total. The molecule has 1 saturated heterocycles. The highest BCUT2D eigenvalue weighted by Gasteiger charge is 2.41. The summed E-state index contributed by atoms with van der Waals surface area (Å²) >= 11 is 0. The van der Waals surface area contributed by atoms with Gasteiger partial charge in [-0.05, 0) is 39.7 Å². The summed E-state index contributed by atoms with van der Waals surface area (Å²) in [6.45, 7) is 5.97. The second kappa shape index (κ2) is 5.04. The van der Waals surface area contributed by atoms with Gasteiger partial charge in [-0.2, -0.15) is 0 Å². The van der Waals surface area contributed by atoms with Crippen molar-refractivity contribution in [2.75, 3.05) is 13.6 Å². The molecule has 0 aromatic heterocycles. The zero-order valence-electron chi connectivity index (χ0n) is 11.0. The van der Waals surface area contributed by atoms with E-state index in [-0.39, 0.29) is 11.8 Å². The Bertz CT molecular complexity index is 315. The van der Waals surface area contributed by atoms with Crippen LogP contribution in [0.3, 0.4) is 0 Å². The summed E-state index contributed by atoms with van der Waals surface area (Å²) in [5, 5.41) is 12.2. The Labute approximate surface area is 102 Å². The van der Waals surface area contributed by atoms with Crippen LogP contribution in [-0.4, -0.2) is 47.1 Å². The van der Waals surface area contributed by atoms with Gasteiger partial charge in [0, 0.05) is 6.54 Å². The number of hydrogen-bond acceptors (Lipinski definition) is 3. The molecule has 0 bridgehead atoms. The predicted molar refractivity (Wildman–Crippen MR) is 64.7 cm³/mol. The summed E-state index contributed by atoms with van der Waals surface area (Å²) in [6.07, 6.45) is 1.73. The topological polar surface area (TPSA) is 69.6 Å². The summed E-state index contributed by atoms with van der Waals surface area (Å²) < 4.78 is 0. The van der Waals surface area contributed by atoms with Crippen LogP contribution in [0.4, 0.5) is 0 Å². The zero-order chi connectivity index (χ0) is 13.2. The van der Waals surface area contributed by atoms with E-state index in [0.29, 0.717) is 6.54 Å². The van der Waals surface area contributed by atoms with Gasteiger partial charge in [-0.3, -0.25) is 4.79 Å². The Morgan fingerprint density at radius 2 is 2.00 bits per heavy atom. The number of hydrogen-bond donors (Lipinski definition) is 2. The van der Waals surface area contributed by atoms with E-state index in [4.69, 9.17) is 0 Å². The Kier molecular flexibility index (Phi) is 4.14. The lowest BCUT2D eigenvalue weighted by atomic mass is 9.89. The number of nitrogens with zero attached hydrogens (tertiary/aromatic N) is 1. The second-order valence-electron chi connectivity index (χ2n) is 5.28. The van der Waals surface area contributed by atoms with Crippen molar-refractivity contribution in [3.8, 4) is 0 Å². The molecule has 1 aliphatic rings. The molecule has 0 aliphatic carbocycles. The molecule has 5 nitrogen and oxygen atoms in total. The number of aliphatic carboxylic acids is 1. The quantitative estimate of drug-likeness (QED) is 0.764. The van der Waals surface area contributed by atoms with Gasteiger partial charge in [0.15, 0.2) is 0 Å². The minimum atomic E-state index is -0.905. The fourth-order valence-corrected chi connectivity index (χ4v) is 2.26. The molecule has 5 heteroatoms. The van der Waals surface area contributed by atoms with Gasteiger partial charge in [0.05, 0.1) is 5.54 Å². The lowest BCUT2D eigenvalue weighted by Gasteiger charge is -2.41. The SMILES string of the molecule is CNC(C)(C)C(=O)N1CCCC(C)C1C(=O)O. The maximum absolute atomic E-state index is 12.3. The summed E-state index contributed by atoms with van der Waals surface area (Å²) in [5.74, 6) is -1.03. The standard InChI is InChI=1S/C12H22N2O3/c1-8-6-5-7-14(9(8)10(15)16)11(17)12(2,3)13-4/h8-9,13H,5-7H2,1-4H3,(H,15,16). The fourth-order valence-electron chi connectivity index (χ4n) is 2.26. The molecule has 1 amide bonds. The normalized spacial score (nSPS) is 25.8. The lowest BCUT2D eigenvalue weighted by molar-refractivity contribution is -0.157. The molecule has 0 aromatic carbocycles. The van der Waals surface area contributed by atoms with E-state index in [1.807, 2.05) is 6.92 Å². The van der Waals surface area contributed by atoms with Crippen LogP contribution >= 0.6 is 0 Å². The third-order valence-corrected chi connectivity index (χ3v) is 3.61. The first-order chi connectivity index (χ1) is 7.81. The van der Waals surface area contributed by atoms with Crippen molar-refractivity contribution in [3.63, 3.8) is 0 Å².